The van der Waals surface area contributed by atoms with E-state index < -0.39 is 6.10 Å². The van der Waals surface area contributed by atoms with Crippen LogP contribution < -0.4 is 14.2 Å². The molecule has 4 aromatic carbocycles. The van der Waals surface area contributed by atoms with Gasteiger partial charge in [-0.1, -0.05) is 60.7 Å². The molecular formula is C34H32N2O4. The van der Waals surface area contributed by atoms with Crippen molar-refractivity contribution >= 4 is 16.8 Å². The maximum Gasteiger partial charge on any atom is 0.264 e. The summed E-state index contributed by atoms with van der Waals surface area (Å²) in [6, 6.07) is 33.4. The van der Waals surface area contributed by atoms with Crippen LogP contribution in [0.4, 0.5) is 0 Å². The zero-order valence-corrected chi connectivity index (χ0v) is 22.7. The van der Waals surface area contributed by atoms with E-state index in [4.69, 9.17) is 14.2 Å². The molecule has 40 heavy (non-hydrogen) atoms. The number of nitrogens with zero attached hydrogens (tertiary/aromatic N) is 1. The standard InChI is InChI=1S/C34H32N2O4/c1-23(40-27-11-7-4-8-12-27)34(37)36-20-19-29-30-21-28(38-2)17-18-31(30)35-32(29)33(36)25-13-15-26(16-14-25)39-22-24-9-5-3-6-10-24/h3-18,21,23,33,35H,19-20,22H2,1-2H3/t23-,33-/m0/s1. The minimum atomic E-state index is -0.635. The maximum atomic E-state index is 13.9. The molecule has 0 saturated heterocycles. The molecule has 0 spiro atoms. The molecule has 0 aliphatic carbocycles. The number of aromatic nitrogens is 1. The summed E-state index contributed by atoms with van der Waals surface area (Å²) >= 11 is 0. The molecule has 202 valence electrons. The highest BCUT2D eigenvalue weighted by molar-refractivity contribution is 5.88. The van der Waals surface area contributed by atoms with Gasteiger partial charge < -0.3 is 24.1 Å². The van der Waals surface area contributed by atoms with Crippen molar-refractivity contribution in [2.24, 2.45) is 0 Å². The van der Waals surface area contributed by atoms with E-state index >= 15 is 0 Å². The number of benzene rings is 4. The Morgan fingerprint density at radius 3 is 2.33 bits per heavy atom. The van der Waals surface area contributed by atoms with Crippen LogP contribution in [0.2, 0.25) is 0 Å². The Hall–Kier alpha value is -4.71. The van der Waals surface area contributed by atoms with Crippen molar-refractivity contribution in [3.63, 3.8) is 0 Å². The van der Waals surface area contributed by atoms with Crippen LogP contribution in [-0.2, 0) is 17.8 Å². The lowest BCUT2D eigenvalue weighted by Crippen LogP contribution is -2.46. The van der Waals surface area contributed by atoms with Crippen molar-refractivity contribution < 1.29 is 19.0 Å². The Morgan fingerprint density at radius 1 is 0.900 bits per heavy atom. The van der Waals surface area contributed by atoms with Gasteiger partial charge in [-0.2, -0.15) is 0 Å². The van der Waals surface area contributed by atoms with Crippen molar-refractivity contribution in [3.05, 3.63) is 126 Å². The largest absolute Gasteiger partial charge is 0.497 e. The summed E-state index contributed by atoms with van der Waals surface area (Å²) < 4.78 is 17.6. The Kier molecular flexibility index (Phi) is 7.15. The zero-order chi connectivity index (χ0) is 27.5. The lowest BCUT2D eigenvalue weighted by atomic mass is 9.92. The molecule has 5 aromatic rings. The first-order chi connectivity index (χ1) is 19.6. The normalized spacial score (nSPS) is 15.3. The van der Waals surface area contributed by atoms with Crippen LogP contribution >= 0.6 is 0 Å². The summed E-state index contributed by atoms with van der Waals surface area (Å²) in [5.74, 6) is 2.22. The van der Waals surface area contributed by atoms with Crippen molar-refractivity contribution in [1.82, 2.24) is 9.88 Å². The summed E-state index contributed by atoms with van der Waals surface area (Å²) in [5, 5.41) is 1.13. The predicted octanol–water partition coefficient (Wildman–Crippen LogP) is 6.70. The second-order valence-corrected chi connectivity index (χ2v) is 10.0. The molecule has 1 N–H and O–H groups in total. The third kappa shape index (κ3) is 5.13. The minimum absolute atomic E-state index is 0.0554. The second kappa shape index (κ2) is 11.2. The SMILES string of the molecule is COc1ccc2[nH]c3c(c2c1)CCN(C(=O)[C@H](C)Oc1ccccc1)[C@H]3c1ccc(OCc2ccccc2)cc1. The molecule has 2 atom stereocenters. The van der Waals surface area contributed by atoms with Crippen LogP contribution in [0.3, 0.4) is 0 Å². The zero-order valence-electron chi connectivity index (χ0n) is 22.7. The lowest BCUT2D eigenvalue weighted by molar-refractivity contribution is -0.140. The molecule has 0 radical (unpaired) electrons. The number of H-pyrrole nitrogens is 1. The number of fused-ring (bicyclic) bond motifs is 3. The first kappa shape index (κ1) is 25.6. The van der Waals surface area contributed by atoms with Gasteiger partial charge in [-0.05, 0) is 72.5 Å². The van der Waals surface area contributed by atoms with E-state index in [1.54, 1.807) is 7.11 Å². The average Bonchev–Trinajstić information content (AvgIpc) is 3.38. The summed E-state index contributed by atoms with van der Waals surface area (Å²) in [5.41, 5.74) is 5.38. The van der Waals surface area contributed by atoms with E-state index in [0.717, 1.165) is 45.6 Å². The number of amides is 1. The van der Waals surface area contributed by atoms with Crippen LogP contribution in [0.1, 0.15) is 35.3 Å². The van der Waals surface area contributed by atoms with Crippen molar-refractivity contribution in [1.29, 1.82) is 0 Å². The molecule has 6 nitrogen and oxygen atoms in total. The van der Waals surface area contributed by atoms with Gasteiger partial charge in [-0.3, -0.25) is 4.79 Å². The molecule has 6 heteroatoms. The smallest absolute Gasteiger partial charge is 0.264 e. The number of hydrogen-bond acceptors (Lipinski definition) is 4. The van der Waals surface area contributed by atoms with E-state index in [-0.39, 0.29) is 11.9 Å². The summed E-state index contributed by atoms with van der Waals surface area (Å²) in [7, 11) is 1.68. The monoisotopic (exact) mass is 532 g/mol. The number of methoxy groups -OCH3 is 1. The number of rotatable bonds is 8. The van der Waals surface area contributed by atoms with Gasteiger partial charge in [0.05, 0.1) is 13.2 Å². The number of para-hydroxylation sites is 1. The molecule has 1 amide bonds. The quantitative estimate of drug-likeness (QED) is 0.242. The van der Waals surface area contributed by atoms with Crippen LogP contribution in [0.25, 0.3) is 10.9 Å². The van der Waals surface area contributed by atoms with E-state index in [9.17, 15) is 4.79 Å². The van der Waals surface area contributed by atoms with E-state index in [2.05, 4.69) is 23.2 Å². The molecule has 2 heterocycles. The molecule has 0 bridgehead atoms. The topological polar surface area (TPSA) is 63.8 Å². The molecule has 1 aliphatic rings. The van der Waals surface area contributed by atoms with E-state index in [1.165, 1.54) is 5.56 Å². The van der Waals surface area contributed by atoms with Gasteiger partial charge >= 0.3 is 0 Å². The van der Waals surface area contributed by atoms with E-state index in [1.807, 2.05) is 96.8 Å². The molecule has 6 rings (SSSR count). The average molecular weight is 533 g/mol. The van der Waals surface area contributed by atoms with Gasteiger partial charge in [0.15, 0.2) is 6.10 Å². The van der Waals surface area contributed by atoms with Gasteiger partial charge in [0, 0.05) is 23.1 Å². The van der Waals surface area contributed by atoms with Crippen LogP contribution in [0, 0.1) is 0 Å². The van der Waals surface area contributed by atoms with Crippen molar-refractivity contribution in [3.8, 4) is 17.2 Å². The van der Waals surface area contributed by atoms with Gasteiger partial charge in [-0.25, -0.2) is 0 Å². The highest BCUT2D eigenvalue weighted by Gasteiger charge is 2.37. The highest BCUT2D eigenvalue weighted by Crippen LogP contribution is 2.40. The van der Waals surface area contributed by atoms with Gasteiger partial charge in [0.2, 0.25) is 0 Å². The Morgan fingerprint density at radius 2 is 1.60 bits per heavy atom. The Labute approximate surface area is 234 Å². The van der Waals surface area contributed by atoms with Crippen molar-refractivity contribution in [2.45, 2.75) is 32.1 Å². The molecule has 0 saturated carbocycles. The first-order valence-corrected chi connectivity index (χ1v) is 13.6. The molecular weight excluding hydrogens is 500 g/mol. The highest BCUT2D eigenvalue weighted by atomic mass is 16.5. The number of hydrogen-bond donors (Lipinski definition) is 1. The number of carbonyl (C=O) groups is 1. The summed E-state index contributed by atoms with van der Waals surface area (Å²) in [6.45, 7) is 2.89. The van der Waals surface area contributed by atoms with Gasteiger partial charge in [0.1, 0.15) is 23.9 Å². The number of ether oxygens (including phenoxy) is 3. The fourth-order valence-corrected chi connectivity index (χ4v) is 5.45. The Bertz CT molecular complexity index is 1600. The van der Waals surface area contributed by atoms with Crippen LogP contribution in [0.15, 0.2) is 103 Å². The van der Waals surface area contributed by atoms with Crippen molar-refractivity contribution in [2.75, 3.05) is 13.7 Å². The fraction of sp³-hybridized carbons (Fsp3) is 0.206. The molecule has 1 aromatic heterocycles. The molecule has 1 aliphatic heterocycles. The van der Waals surface area contributed by atoms with Crippen LogP contribution in [-0.4, -0.2) is 35.5 Å². The third-order valence-electron chi connectivity index (χ3n) is 7.47. The van der Waals surface area contributed by atoms with Gasteiger partial charge in [0.25, 0.3) is 5.91 Å². The minimum Gasteiger partial charge on any atom is -0.497 e. The van der Waals surface area contributed by atoms with E-state index in [0.29, 0.717) is 18.9 Å². The first-order valence-electron chi connectivity index (χ1n) is 13.6. The van der Waals surface area contributed by atoms with Crippen LogP contribution in [0.5, 0.6) is 17.2 Å². The maximum absolute atomic E-state index is 13.9. The second-order valence-electron chi connectivity index (χ2n) is 10.0. The summed E-state index contributed by atoms with van der Waals surface area (Å²) in [6.07, 6.45) is 0.102. The molecule has 0 fully saturated rings. The third-order valence-corrected chi connectivity index (χ3v) is 7.47. The lowest BCUT2D eigenvalue weighted by Gasteiger charge is -2.37. The predicted molar refractivity (Wildman–Crippen MR) is 156 cm³/mol. The number of nitrogens with one attached hydrogen (secondary N) is 1. The molecule has 0 unspecified atom stereocenters. The number of carbonyl (C=O) groups excluding carboxylic acids is 1. The number of aromatic amines is 1. The summed E-state index contributed by atoms with van der Waals surface area (Å²) in [4.78, 5) is 19.4. The Balaban J connectivity index is 1.33. The fourth-order valence-electron chi connectivity index (χ4n) is 5.45. The van der Waals surface area contributed by atoms with Gasteiger partial charge in [-0.15, -0.1) is 0 Å².